The number of carbonyl (C=O) groups excluding carboxylic acids is 2. The van der Waals surface area contributed by atoms with E-state index in [0.29, 0.717) is 18.7 Å². The summed E-state index contributed by atoms with van der Waals surface area (Å²) in [4.78, 5) is 30.0. The van der Waals surface area contributed by atoms with Gasteiger partial charge in [0, 0.05) is 37.1 Å². The molecule has 0 atom stereocenters. The van der Waals surface area contributed by atoms with E-state index in [2.05, 4.69) is 0 Å². The van der Waals surface area contributed by atoms with Gasteiger partial charge in [-0.05, 0) is 42.7 Å². The average molecular weight is 402 g/mol. The summed E-state index contributed by atoms with van der Waals surface area (Å²) < 4.78 is 2.03. The molecule has 5 nitrogen and oxygen atoms in total. The van der Waals surface area contributed by atoms with Crippen molar-refractivity contribution in [2.45, 2.75) is 32.0 Å². The quantitative estimate of drug-likeness (QED) is 0.575. The van der Waals surface area contributed by atoms with Crippen LogP contribution in [0.5, 0.6) is 0 Å². The van der Waals surface area contributed by atoms with E-state index in [1.54, 1.807) is 4.90 Å². The lowest BCUT2D eigenvalue weighted by Crippen LogP contribution is -2.43. The minimum Gasteiger partial charge on any atom is -0.353 e. The summed E-state index contributed by atoms with van der Waals surface area (Å²) in [5.74, 6) is -0.0961. The molecule has 1 aliphatic rings. The molecular formula is C25H27N3O2. The summed E-state index contributed by atoms with van der Waals surface area (Å²) in [5.41, 5.74) is 2.77. The number of hydrogen-bond donors (Lipinski definition) is 0. The molecule has 1 saturated carbocycles. The van der Waals surface area contributed by atoms with Crippen LogP contribution in [-0.2, 0) is 24.9 Å². The molecule has 0 N–H and O–H groups in total. The van der Waals surface area contributed by atoms with Gasteiger partial charge in [-0.15, -0.1) is 0 Å². The fourth-order valence-electron chi connectivity index (χ4n) is 3.64. The van der Waals surface area contributed by atoms with Crippen LogP contribution in [0.25, 0.3) is 0 Å². The van der Waals surface area contributed by atoms with Crippen molar-refractivity contribution in [3.63, 3.8) is 0 Å². The second-order valence-electron chi connectivity index (χ2n) is 7.88. The molecule has 1 aliphatic carbocycles. The van der Waals surface area contributed by atoms with Crippen LogP contribution in [0, 0.1) is 0 Å². The van der Waals surface area contributed by atoms with Crippen molar-refractivity contribution in [1.82, 2.24) is 14.4 Å². The maximum atomic E-state index is 13.4. The maximum absolute atomic E-state index is 13.4. The molecule has 0 spiro atoms. The van der Waals surface area contributed by atoms with E-state index < -0.39 is 0 Å². The van der Waals surface area contributed by atoms with Gasteiger partial charge in [0.05, 0.1) is 6.54 Å². The van der Waals surface area contributed by atoms with Gasteiger partial charge in [0.25, 0.3) is 5.91 Å². The van der Waals surface area contributed by atoms with Crippen LogP contribution in [-0.4, -0.2) is 38.8 Å². The van der Waals surface area contributed by atoms with Crippen LogP contribution in [0.4, 0.5) is 0 Å². The van der Waals surface area contributed by atoms with Gasteiger partial charge in [0.1, 0.15) is 6.54 Å². The van der Waals surface area contributed by atoms with Crippen LogP contribution in [0.1, 0.15) is 34.5 Å². The molecule has 154 valence electrons. The van der Waals surface area contributed by atoms with Crippen LogP contribution in [0.3, 0.4) is 0 Å². The summed E-state index contributed by atoms with van der Waals surface area (Å²) in [5, 5.41) is 0. The molecule has 0 saturated heterocycles. The number of hydrogen-bond acceptors (Lipinski definition) is 2. The van der Waals surface area contributed by atoms with E-state index >= 15 is 0 Å². The van der Waals surface area contributed by atoms with Crippen molar-refractivity contribution < 1.29 is 9.59 Å². The predicted molar refractivity (Wildman–Crippen MR) is 117 cm³/mol. The molecule has 0 unspecified atom stereocenters. The normalized spacial score (nSPS) is 13.1. The minimum absolute atomic E-state index is 0.0313. The average Bonchev–Trinajstić information content (AvgIpc) is 3.54. The Bertz CT molecular complexity index is 994. The Kier molecular flexibility index (Phi) is 5.98. The van der Waals surface area contributed by atoms with E-state index in [-0.39, 0.29) is 24.4 Å². The number of carbonyl (C=O) groups is 2. The number of benzene rings is 2. The van der Waals surface area contributed by atoms with E-state index in [9.17, 15) is 9.59 Å². The van der Waals surface area contributed by atoms with Gasteiger partial charge < -0.3 is 14.4 Å². The van der Waals surface area contributed by atoms with Gasteiger partial charge in [0.15, 0.2) is 0 Å². The number of aromatic nitrogens is 1. The topological polar surface area (TPSA) is 45.6 Å². The lowest BCUT2D eigenvalue weighted by molar-refractivity contribution is -0.133. The van der Waals surface area contributed by atoms with Crippen molar-refractivity contribution in [2.24, 2.45) is 7.05 Å². The highest BCUT2D eigenvalue weighted by Crippen LogP contribution is 2.28. The molecule has 1 fully saturated rings. The molecule has 2 amide bonds. The van der Waals surface area contributed by atoms with Crippen LogP contribution in [0.15, 0.2) is 79.0 Å². The van der Waals surface area contributed by atoms with Gasteiger partial charge in [0.2, 0.25) is 5.91 Å². The highest BCUT2D eigenvalue weighted by Gasteiger charge is 2.35. The number of amides is 2. The van der Waals surface area contributed by atoms with Crippen LogP contribution >= 0.6 is 0 Å². The zero-order chi connectivity index (χ0) is 20.9. The Balaban J connectivity index is 1.53. The second-order valence-corrected chi connectivity index (χ2v) is 7.88. The van der Waals surface area contributed by atoms with E-state index in [4.69, 9.17) is 0 Å². The first-order chi connectivity index (χ1) is 14.6. The first-order valence-electron chi connectivity index (χ1n) is 10.4. The highest BCUT2D eigenvalue weighted by atomic mass is 16.2. The first kappa shape index (κ1) is 20.0. The van der Waals surface area contributed by atoms with Crippen LogP contribution < -0.4 is 0 Å². The van der Waals surface area contributed by atoms with Crippen molar-refractivity contribution in [2.75, 3.05) is 6.54 Å². The first-order valence-corrected chi connectivity index (χ1v) is 10.4. The summed E-state index contributed by atoms with van der Waals surface area (Å²) in [6.45, 7) is 1.13. The predicted octanol–water partition coefficient (Wildman–Crippen LogP) is 3.86. The Morgan fingerprint density at radius 1 is 0.900 bits per heavy atom. The standard InChI is InChI=1S/C25H27N3O2/c1-26-16-8-13-23(26)18-27(17-20-9-4-2-5-10-20)24(29)19-28(22-14-15-22)25(30)21-11-6-3-7-12-21/h2-13,16,22H,14-15,17-19H2,1H3. The Morgan fingerprint density at radius 2 is 1.57 bits per heavy atom. The van der Waals surface area contributed by atoms with E-state index in [1.807, 2.05) is 95.5 Å². The van der Waals surface area contributed by atoms with Crippen molar-refractivity contribution in [3.05, 3.63) is 95.8 Å². The smallest absolute Gasteiger partial charge is 0.254 e. The maximum Gasteiger partial charge on any atom is 0.254 e. The van der Waals surface area contributed by atoms with Crippen molar-refractivity contribution in [3.8, 4) is 0 Å². The highest BCUT2D eigenvalue weighted by molar-refractivity contribution is 5.96. The Labute approximate surface area is 177 Å². The van der Waals surface area contributed by atoms with Gasteiger partial charge in [-0.2, -0.15) is 0 Å². The van der Waals surface area contributed by atoms with Crippen molar-refractivity contribution in [1.29, 1.82) is 0 Å². The number of aryl methyl sites for hydroxylation is 1. The van der Waals surface area contributed by atoms with E-state index in [0.717, 1.165) is 24.1 Å². The lowest BCUT2D eigenvalue weighted by Gasteiger charge is -2.28. The molecule has 3 aromatic rings. The number of nitrogens with zero attached hydrogens (tertiary/aromatic N) is 3. The Hall–Kier alpha value is -3.34. The SMILES string of the molecule is Cn1cccc1CN(Cc1ccccc1)C(=O)CN(C(=O)c1ccccc1)C1CC1. The third kappa shape index (κ3) is 4.79. The second kappa shape index (κ2) is 8.99. The van der Waals surface area contributed by atoms with Crippen molar-refractivity contribution >= 4 is 11.8 Å². The molecule has 1 aromatic heterocycles. The molecule has 2 aromatic carbocycles. The third-order valence-corrected chi connectivity index (χ3v) is 5.55. The summed E-state index contributed by atoms with van der Waals surface area (Å²) in [7, 11) is 1.98. The summed E-state index contributed by atoms with van der Waals surface area (Å²) >= 11 is 0. The minimum atomic E-state index is -0.0648. The zero-order valence-corrected chi connectivity index (χ0v) is 17.3. The molecule has 0 aliphatic heterocycles. The molecule has 0 bridgehead atoms. The largest absolute Gasteiger partial charge is 0.353 e. The fourth-order valence-corrected chi connectivity index (χ4v) is 3.64. The summed E-state index contributed by atoms with van der Waals surface area (Å²) in [6, 6.07) is 23.4. The molecule has 1 heterocycles. The van der Waals surface area contributed by atoms with Gasteiger partial charge in [-0.25, -0.2) is 0 Å². The number of rotatable bonds is 8. The van der Waals surface area contributed by atoms with Gasteiger partial charge >= 0.3 is 0 Å². The van der Waals surface area contributed by atoms with E-state index in [1.165, 1.54) is 0 Å². The molecule has 0 radical (unpaired) electrons. The summed E-state index contributed by atoms with van der Waals surface area (Å²) in [6.07, 6.45) is 3.90. The van der Waals surface area contributed by atoms with Crippen LogP contribution in [0.2, 0.25) is 0 Å². The molecule has 30 heavy (non-hydrogen) atoms. The Morgan fingerprint density at radius 3 is 2.17 bits per heavy atom. The molecule has 5 heteroatoms. The third-order valence-electron chi connectivity index (χ3n) is 5.55. The monoisotopic (exact) mass is 401 g/mol. The van der Waals surface area contributed by atoms with Gasteiger partial charge in [-0.1, -0.05) is 48.5 Å². The lowest BCUT2D eigenvalue weighted by atomic mass is 10.2. The molecule has 4 rings (SSSR count). The molecular weight excluding hydrogens is 374 g/mol. The van der Waals surface area contributed by atoms with Gasteiger partial charge in [-0.3, -0.25) is 9.59 Å². The fraction of sp³-hybridized carbons (Fsp3) is 0.280. The zero-order valence-electron chi connectivity index (χ0n) is 17.3.